The van der Waals surface area contributed by atoms with Crippen molar-refractivity contribution in [3.8, 4) is 5.75 Å². The third kappa shape index (κ3) is 6.51. The average Bonchev–Trinajstić information content (AvgIpc) is 3.19. The Balaban J connectivity index is 1.52. The maximum Gasteiger partial charge on any atom is 0.296 e. The fraction of sp³-hybridized carbons (Fsp3) is 0.355. The number of nitrogens with two attached hydrogens (primary N) is 1. The number of amides is 1. The number of halogens is 1. The SMILES string of the molecule is C=N/C=C(/C)N(N)c1cc(F)ccc1CNC(=O)c1nc2n(c(=O)c1OCc1ccccc1)CCOCC21CCOCC1. The summed E-state index contributed by atoms with van der Waals surface area (Å²) in [5.74, 6) is 5.45. The van der Waals surface area contributed by atoms with Crippen LogP contribution in [-0.4, -0.2) is 48.6 Å². The van der Waals surface area contributed by atoms with Crippen molar-refractivity contribution in [3.63, 3.8) is 0 Å². The second-order valence-electron chi connectivity index (χ2n) is 10.6. The number of aromatic nitrogens is 2. The maximum atomic E-state index is 14.2. The highest BCUT2D eigenvalue weighted by Gasteiger charge is 2.42. The molecule has 0 bridgehead atoms. The number of aliphatic imine (C=N–C) groups is 1. The minimum Gasteiger partial charge on any atom is -0.481 e. The summed E-state index contributed by atoms with van der Waals surface area (Å²) in [6, 6.07) is 13.4. The molecule has 5 rings (SSSR count). The van der Waals surface area contributed by atoms with Gasteiger partial charge in [-0.1, -0.05) is 36.4 Å². The molecule has 2 aliphatic heterocycles. The number of anilines is 1. The number of nitrogens with one attached hydrogen (secondary N) is 1. The number of carbonyl (C=O) groups is 1. The lowest BCUT2D eigenvalue weighted by atomic mass is 9.80. The standard InChI is InChI=1S/C31H35FN6O5/c1-21(17-34-2)38(33)25-16-24(32)9-8-23(25)18-35-28(39)26-27(43-19-22-6-4-3-5-7-22)29(40)37-12-15-42-20-31(30(37)36-26)10-13-41-14-11-31/h3-9,16-17H,2,10-15,18-20,33H2,1H3,(H,35,39)/b21-17-. The number of hydrazine groups is 1. The first kappa shape index (κ1) is 30.1. The van der Waals surface area contributed by atoms with Crippen LogP contribution in [0.4, 0.5) is 10.1 Å². The van der Waals surface area contributed by atoms with Gasteiger partial charge in [0.05, 0.1) is 36.6 Å². The minimum atomic E-state index is -0.616. The normalized spacial score (nSPS) is 16.2. The number of nitrogens with zero attached hydrogens (tertiary/aromatic N) is 4. The third-order valence-electron chi connectivity index (χ3n) is 7.74. The molecule has 3 heterocycles. The van der Waals surface area contributed by atoms with Gasteiger partial charge < -0.3 is 19.5 Å². The van der Waals surface area contributed by atoms with E-state index in [0.29, 0.717) is 62.0 Å². The zero-order valence-corrected chi connectivity index (χ0v) is 24.1. The van der Waals surface area contributed by atoms with E-state index in [1.165, 1.54) is 29.4 Å². The Bertz CT molecular complexity index is 1570. The van der Waals surface area contributed by atoms with E-state index < -0.39 is 22.7 Å². The number of rotatable bonds is 9. The van der Waals surface area contributed by atoms with E-state index in [2.05, 4.69) is 17.0 Å². The van der Waals surface area contributed by atoms with Crippen molar-refractivity contribution in [1.82, 2.24) is 14.9 Å². The lowest BCUT2D eigenvalue weighted by Crippen LogP contribution is -2.43. The van der Waals surface area contributed by atoms with Gasteiger partial charge in [0.15, 0.2) is 5.69 Å². The lowest BCUT2D eigenvalue weighted by Gasteiger charge is -2.36. The second-order valence-corrected chi connectivity index (χ2v) is 10.6. The van der Waals surface area contributed by atoms with E-state index in [-0.39, 0.29) is 31.1 Å². The summed E-state index contributed by atoms with van der Waals surface area (Å²) in [7, 11) is 0. The van der Waals surface area contributed by atoms with Crippen LogP contribution in [0.3, 0.4) is 0 Å². The molecule has 0 aliphatic carbocycles. The van der Waals surface area contributed by atoms with Crippen molar-refractivity contribution in [1.29, 1.82) is 0 Å². The monoisotopic (exact) mass is 590 g/mol. The van der Waals surface area contributed by atoms with Crippen LogP contribution in [0.5, 0.6) is 5.75 Å². The lowest BCUT2D eigenvalue weighted by molar-refractivity contribution is 0.00412. The van der Waals surface area contributed by atoms with Crippen molar-refractivity contribution < 1.29 is 23.4 Å². The van der Waals surface area contributed by atoms with Crippen molar-refractivity contribution >= 4 is 18.3 Å². The molecule has 1 amide bonds. The van der Waals surface area contributed by atoms with Gasteiger partial charge in [-0.3, -0.25) is 24.2 Å². The van der Waals surface area contributed by atoms with Gasteiger partial charge in [0.2, 0.25) is 5.75 Å². The molecule has 11 nitrogen and oxygen atoms in total. The predicted octanol–water partition coefficient (Wildman–Crippen LogP) is 3.21. The highest BCUT2D eigenvalue weighted by Crippen LogP contribution is 2.36. The van der Waals surface area contributed by atoms with E-state index in [9.17, 15) is 14.0 Å². The summed E-state index contributed by atoms with van der Waals surface area (Å²) in [4.78, 5) is 36.3. The molecule has 12 heteroatoms. The largest absolute Gasteiger partial charge is 0.481 e. The van der Waals surface area contributed by atoms with E-state index in [4.69, 9.17) is 25.0 Å². The Labute approximate surface area is 248 Å². The molecule has 1 saturated heterocycles. The van der Waals surface area contributed by atoms with Crippen LogP contribution in [0.15, 0.2) is 70.2 Å². The van der Waals surface area contributed by atoms with Gasteiger partial charge >= 0.3 is 0 Å². The topological polar surface area (TPSA) is 133 Å². The van der Waals surface area contributed by atoms with Gasteiger partial charge in [-0.2, -0.15) is 0 Å². The number of hydrogen-bond acceptors (Lipinski definition) is 9. The molecule has 1 fully saturated rings. The highest BCUT2D eigenvalue weighted by molar-refractivity contribution is 5.95. The van der Waals surface area contributed by atoms with Gasteiger partial charge in [0, 0.05) is 26.0 Å². The third-order valence-corrected chi connectivity index (χ3v) is 7.74. The maximum absolute atomic E-state index is 14.2. The van der Waals surface area contributed by atoms with E-state index in [1.54, 1.807) is 11.5 Å². The van der Waals surface area contributed by atoms with Crippen LogP contribution in [0.1, 0.15) is 47.2 Å². The molecule has 0 unspecified atom stereocenters. The summed E-state index contributed by atoms with van der Waals surface area (Å²) in [5, 5.41) is 4.09. The summed E-state index contributed by atoms with van der Waals surface area (Å²) < 4.78 is 33.3. The van der Waals surface area contributed by atoms with Crippen LogP contribution < -0.4 is 26.5 Å². The first-order valence-electron chi connectivity index (χ1n) is 14.0. The van der Waals surface area contributed by atoms with Crippen molar-refractivity contribution in [2.75, 3.05) is 31.4 Å². The summed E-state index contributed by atoms with van der Waals surface area (Å²) in [6.45, 7) is 7.13. The number of fused-ring (bicyclic) bond motifs is 2. The minimum absolute atomic E-state index is 0.0305. The molecule has 2 aromatic carbocycles. The molecule has 0 saturated carbocycles. The van der Waals surface area contributed by atoms with Crippen molar-refractivity contribution in [3.05, 3.63) is 99.2 Å². The van der Waals surface area contributed by atoms with Crippen LogP contribution in [0.2, 0.25) is 0 Å². The molecule has 226 valence electrons. The fourth-order valence-corrected chi connectivity index (χ4v) is 5.34. The molecular weight excluding hydrogens is 555 g/mol. The molecule has 3 aromatic rings. The summed E-state index contributed by atoms with van der Waals surface area (Å²) >= 11 is 0. The molecule has 0 atom stereocenters. The van der Waals surface area contributed by atoms with Crippen LogP contribution in [-0.2, 0) is 34.6 Å². The quantitative estimate of drug-likeness (QED) is 0.221. The number of hydrogen-bond donors (Lipinski definition) is 2. The molecular formula is C31H35FN6O5. The van der Waals surface area contributed by atoms with Crippen LogP contribution in [0.25, 0.3) is 0 Å². The van der Waals surface area contributed by atoms with Gasteiger partial charge in [0.1, 0.15) is 18.2 Å². The first-order valence-corrected chi connectivity index (χ1v) is 14.0. The molecule has 2 aliphatic rings. The Morgan fingerprint density at radius 2 is 2.00 bits per heavy atom. The molecule has 1 aromatic heterocycles. The Hall–Kier alpha value is -4.39. The fourth-order valence-electron chi connectivity index (χ4n) is 5.34. The predicted molar refractivity (Wildman–Crippen MR) is 159 cm³/mol. The van der Waals surface area contributed by atoms with Gasteiger partial charge in [0.25, 0.3) is 11.5 Å². The smallest absolute Gasteiger partial charge is 0.296 e. The molecule has 0 radical (unpaired) electrons. The van der Waals surface area contributed by atoms with Crippen LogP contribution in [0, 0.1) is 5.82 Å². The van der Waals surface area contributed by atoms with Crippen LogP contribution >= 0.6 is 0 Å². The molecule has 3 N–H and O–H groups in total. The first-order chi connectivity index (χ1) is 20.8. The van der Waals surface area contributed by atoms with Gasteiger partial charge in [-0.05, 0) is 49.7 Å². The van der Waals surface area contributed by atoms with Crippen molar-refractivity contribution in [2.45, 2.75) is 44.9 Å². The number of benzene rings is 2. The van der Waals surface area contributed by atoms with Gasteiger partial charge in [-0.25, -0.2) is 15.2 Å². The second kappa shape index (κ2) is 13.3. The number of allylic oxidation sites excluding steroid dienone is 1. The Morgan fingerprint density at radius 3 is 2.74 bits per heavy atom. The van der Waals surface area contributed by atoms with E-state index >= 15 is 0 Å². The summed E-state index contributed by atoms with van der Waals surface area (Å²) in [6.07, 6.45) is 2.64. The number of carbonyl (C=O) groups excluding carboxylic acids is 1. The molecule has 1 spiro atoms. The van der Waals surface area contributed by atoms with Crippen molar-refractivity contribution in [2.24, 2.45) is 10.8 Å². The number of ether oxygens (including phenoxy) is 3. The zero-order chi connectivity index (χ0) is 30.4. The summed E-state index contributed by atoms with van der Waals surface area (Å²) in [5.41, 5.74) is 1.04. The average molecular weight is 591 g/mol. The van der Waals surface area contributed by atoms with E-state index in [0.717, 1.165) is 5.56 Å². The Morgan fingerprint density at radius 1 is 1.23 bits per heavy atom. The van der Waals surface area contributed by atoms with E-state index in [1.807, 2.05) is 30.3 Å². The molecule has 43 heavy (non-hydrogen) atoms. The van der Waals surface area contributed by atoms with Gasteiger partial charge in [-0.15, -0.1) is 0 Å². The zero-order valence-electron chi connectivity index (χ0n) is 24.1. The Kier molecular flexibility index (Phi) is 9.29. The highest BCUT2D eigenvalue weighted by atomic mass is 19.1.